The van der Waals surface area contributed by atoms with Crippen molar-refractivity contribution in [3.8, 4) is 0 Å². The van der Waals surface area contributed by atoms with Gasteiger partial charge in [-0.25, -0.2) is 4.98 Å². The number of H-pyrrole nitrogens is 1. The molecule has 0 fully saturated rings. The van der Waals surface area contributed by atoms with E-state index in [1.54, 1.807) is 6.20 Å². The molecule has 2 N–H and O–H groups in total. The van der Waals surface area contributed by atoms with Crippen LogP contribution >= 0.6 is 0 Å². The lowest BCUT2D eigenvalue weighted by Gasteiger charge is -2.18. The van der Waals surface area contributed by atoms with Crippen molar-refractivity contribution in [3.05, 3.63) is 41.9 Å². The molecule has 0 saturated heterocycles. The van der Waals surface area contributed by atoms with Gasteiger partial charge in [-0.05, 0) is 17.0 Å². The van der Waals surface area contributed by atoms with E-state index in [4.69, 9.17) is 0 Å². The van der Waals surface area contributed by atoms with Crippen LogP contribution in [0.5, 0.6) is 0 Å². The van der Waals surface area contributed by atoms with Crippen molar-refractivity contribution in [3.63, 3.8) is 0 Å². The first-order valence-electron chi connectivity index (χ1n) is 5.74. The molecule has 0 aromatic carbocycles. The van der Waals surface area contributed by atoms with Crippen molar-refractivity contribution in [2.24, 2.45) is 0 Å². The van der Waals surface area contributed by atoms with Crippen molar-refractivity contribution in [1.82, 2.24) is 15.2 Å². The summed E-state index contributed by atoms with van der Waals surface area (Å²) in [7, 11) is 0. The lowest BCUT2D eigenvalue weighted by molar-refractivity contribution is 0.587. The van der Waals surface area contributed by atoms with Gasteiger partial charge in [-0.2, -0.15) is 5.10 Å². The second-order valence-corrected chi connectivity index (χ2v) is 5.14. The lowest BCUT2D eigenvalue weighted by Crippen LogP contribution is -2.11. The Morgan fingerprint density at radius 2 is 2.06 bits per heavy atom. The van der Waals surface area contributed by atoms with Crippen LogP contribution in [0, 0.1) is 0 Å². The quantitative estimate of drug-likeness (QED) is 0.852. The van der Waals surface area contributed by atoms with Gasteiger partial charge in [0.25, 0.3) is 0 Å². The molecule has 2 heterocycles. The molecule has 2 rings (SSSR count). The Bertz CT molecular complexity index is 451. The van der Waals surface area contributed by atoms with Crippen LogP contribution in [0.1, 0.15) is 31.9 Å². The Labute approximate surface area is 101 Å². The van der Waals surface area contributed by atoms with E-state index >= 15 is 0 Å². The van der Waals surface area contributed by atoms with Crippen molar-refractivity contribution >= 4 is 5.82 Å². The van der Waals surface area contributed by atoms with Crippen LogP contribution in [-0.4, -0.2) is 15.2 Å². The summed E-state index contributed by atoms with van der Waals surface area (Å²) in [5.74, 6) is 0.888. The summed E-state index contributed by atoms with van der Waals surface area (Å²) in [5, 5.41) is 9.93. The number of hydrogen-bond donors (Lipinski definition) is 2. The monoisotopic (exact) mass is 230 g/mol. The third-order valence-electron chi connectivity index (χ3n) is 2.66. The zero-order valence-electron chi connectivity index (χ0n) is 10.5. The van der Waals surface area contributed by atoms with Gasteiger partial charge in [0.15, 0.2) is 0 Å². The van der Waals surface area contributed by atoms with Crippen LogP contribution in [0.3, 0.4) is 0 Å². The molecule has 0 bridgehead atoms. The molecular formula is C13H18N4. The fraction of sp³-hybridized carbons (Fsp3) is 0.385. The van der Waals surface area contributed by atoms with Gasteiger partial charge in [0.05, 0.1) is 6.20 Å². The molecule has 2 aromatic rings. The number of nitrogens with one attached hydrogen (secondary N) is 2. The summed E-state index contributed by atoms with van der Waals surface area (Å²) in [5.41, 5.74) is 2.51. The maximum absolute atomic E-state index is 4.40. The van der Waals surface area contributed by atoms with E-state index in [1.807, 2.05) is 18.5 Å². The molecule has 2 aromatic heterocycles. The SMILES string of the molecule is CC(C)(C)c1ccc(NCc2cn[nH]c2)nc1. The van der Waals surface area contributed by atoms with E-state index in [0.717, 1.165) is 17.9 Å². The van der Waals surface area contributed by atoms with Gasteiger partial charge in [-0.1, -0.05) is 26.8 Å². The molecule has 0 amide bonds. The van der Waals surface area contributed by atoms with Crippen molar-refractivity contribution in [2.75, 3.05) is 5.32 Å². The van der Waals surface area contributed by atoms with Gasteiger partial charge in [0.2, 0.25) is 0 Å². The molecule has 0 saturated carbocycles. The zero-order valence-corrected chi connectivity index (χ0v) is 10.5. The van der Waals surface area contributed by atoms with E-state index in [9.17, 15) is 0 Å². The Morgan fingerprint density at radius 1 is 1.24 bits per heavy atom. The largest absolute Gasteiger partial charge is 0.366 e. The second-order valence-electron chi connectivity index (χ2n) is 5.14. The molecule has 17 heavy (non-hydrogen) atoms. The van der Waals surface area contributed by atoms with E-state index in [-0.39, 0.29) is 5.41 Å². The highest BCUT2D eigenvalue weighted by Gasteiger charge is 2.13. The predicted molar refractivity (Wildman–Crippen MR) is 68.9 cm³/mol. The first-order valence-corrected chi connectivity index (χ1v) is 5.74. The van der Waals surface area contributed by atoms with Crippen molar-refractivity contribution in [2.45, 2.75) is 32.7 Å². The summed E-state index contributed by atoms with van der Waals surface area (Å²) in [6, 6.07) is 4.13. The van der Waals surface area contributed by atoms with Crippen LogP contribution < -0.4 is 5.32 Å². The Hall–Kier alpha value is -1.84. The van der Waals surface area contributed by atoms with Crippen LogP contribution in [0.4, 0.5) is 5.82 Å². The molecule has 0 aliphatic carbocycles. The first-order chi connectivity index (χ1) is 8.05. The van der Waals surface area contributed by atoms with Gasteiger partial charge >= 0.3 is 0 Å². The number of rotatable bonds is 3. The highest BCUT2D eigenvalue weighted by molar-refractivity contribution is 5.37. The van der Waals surface area contributed by atoms with Crippen LogP contribution in [0.2, 0.25) is 0 Å². The highest BCUT2D eigenvalue weighted by Crippen LogP contribution is 2.21. The fourth-order valence-electron chi connectivity index (χ4n) is 1.51. The maximum atomic E-state index is 4.40. The highest BCUT2D eigenvalue weighted by atomic mass is 15.1. The first kappa shape index (κ1) is 11.6. The molecule has 0 aliphatic heterocycles. The van der Waals surface area contributed by atoms with Gasteiger partial charge in [0, 0.05) is 24.5 Å². The molecule has 0 radical (unpaired) electrons. The van der Waals surface area contributed by atoms with Crippen LogP contribution in [0.15, 0.2) is 30.7 Å². The molecule has 4 heteroatoms. The van der Waals surface area contributed by atoms with E-state index in [2.05, 4.69) is 47.3 Å². The van der Waals surface area contributed by atoms with E-state index in [0.29, 0.717) is 0 Å². The predicted octanol–water partition coefficient (Wildman–Crippen LogP) is 2.71. The third kappa shape index (κ3) is 3.06. The average molecular weight is 230 g/mol. The van der Waals surface area contributed by atoms with E-state index < -0.39 is 0 Å². The second kappa shape index (κ2) is 4.57. The standard InChI is InChI=1S/C13H18N4/c1-13(2,3)11-4-5-12(15-9-11)14-6-10-7-16-17-8-10/h4-5,7-9H,6H2,1-3H3,(H,14,15)(H,16,17). The Morgan fingerprint density at radius 3 is 2.59 bits per heavy atom. The van der Waals surface area contributed by atoms with Crippen molar-refractivity contribution in [1.29, 1.82) is 0 Å². The topological polar surface area (TPSA) is 53.6 Å². The van der Waals surface area contributed by atoms with Gasteiger partial charge in [-0.3, -0.25) is 5.10 Å². The fourth-order valence-corrected chi connectivity index (χ4v) is 1.51. The normalized spacial score (nSPS) is 11.5. The number of aromatic amines is 1. The summed E-state index contributed by atoms with van der Waals surface area (Å²) < 4.78 is 0. The summed E-state index contributed by atoms with van der Waals surface area (Å²) in [6.45, 7) is 7.28. The number of anilines is 1. The molecule has 0 spiro atoms. The molecule has 4 nitrogen and oxygen atoms in total. The van der Waals surface area contributed by atoms with Crippen molar-refractivity contribution < 1.29 is 0 Å². The molecule has 90 valence electrons. The molecular weight excluding hydrogens is 212 g/mol. The minimum absolute atomic E-state index is 0.149. The maximum Gasteiger partial charge on any atom is 0.126 e. The number of hydrogen-bond acceptors (Lipinski definition) is 3. The summed E-state index contributed by atoms with van der Waals surface area (Å²) in [6.07, 6.45) is 5.60. The minimum Gasteiger partial charge on any atom is -0.366 e. The number of pyridine rings is 1. The van der Waals surface area contributed by atoms with Gasteiger partial charge in [0.1, 0.15) is 5.82 Å². The van der Waals surface area contributed by atoms with Gasteiger partial charge in [-0.15, -0.1) is 0 Å². The van der Waals surface area contributed by atoms with Crippen LogP contribution in [0.25, 0.3) is 0 Å². The van der Waals surface area contributed by atoms with Crippen LogP contribution in [-0.2, 0) is 12.0 Å². The lowest BCUT2D eigenvalue weighted by atomic mass is 9.88. The number of nitrogens with zero attached hydrogens (tertiary/aromatic N) is 2. The smallest absolute Gasteiger partial charge is 0.126 e. The molecule has 0 aliphatic rings. The van der Waals surface area contributed by atoms with E-state index in [1.165, 1.54) is 5.56 Å². The molecule has 0 atom stereocenters. The average Bonchev–Trinajstić information content (AvgIpc) is 2.78. The Balaban J connectivity index is 1.99. The Kier molecular flexibility index (Phi) is 3.13. The third-order valence-corrected chi connectivity index (χ3v) is 2.66. The number of aromatic nitrogens is 3. The van der Waals surface area contributed by atoms with Gasteiger partial charge < -0.3 is 5.32 Å². The zero-order chi connectivity index (χ0) is 12.3. The summed E-state index contributed by atoms with van der Waals surface area (Å²) in [4.78, 5) is 4.40. The molecule has 0 unspecified atom stereocenters. The minimum atomic E-state index is 0.149. The summed E-state index contributed by atoms with van der Waals surface area (Å²) >= 11 is 0.